The smallest absolute Gasteiger partial charge is 0.329 e. The van der Waals surface area contributed by atoms with Crippen LogP contribution >= 0.6 is 15.2 Å². The Bertz CT molecular complexity index is 560. The van der Waals surface area contributed by atoms with Crippen LogP contribution in [0.5, 0.6) is 0 Å². The molecule has 16 nitrogen and oxygen atoms in total. The summed E-state index contributed by atoms with van der Waals surface area (Å²) in [6.45, 7) is -0.468. The summed E-state index contributed by atoms with van der Waals surface area (Å²) in [5.74, 6) is -2.59. The summed E-state index contributed by atoms with van der Waals surface area (Å²) in [7, 11) is -8.60. The Labute approximate surface area is 171 Å². The number of hydroxylamine groups is 2. The van der Waals surface area contributed by atoms with E-state index in [0.29, 0.717) is 0 Å². The third kappa shape index (κ3) is 13.3. The van der Waals surface area contributed by atoms with Crippen molar-refractivity contribution in [1.82, 2.24) is 11.0 Å². The number of aliphatic carboxylic acids is 2. The van der Waals surface area contributed by atoms with Crippen molar-refractivity contribution in [3.05, 3.63) is 0 Å². The fourth-order valence-electron chi connectivity index (χ4n) is 2.05. The minimum absolute atomic E-state index is 0.0781. The second kappa shape index (κ2) is 14.9. The fraction of sp³-hybridized carbons (Fsp3) is 0.833. The van der Waals surface area contributed by atoms with E-state index in [4.69, 9.17) is 51.7 Å². The van der Waals surface area contributed by atoms with Crippen molar-refractivity contribution in [2.24, 2.45) is 11.5 Å². The molecule has 0 aliphatic heterocycles. The highest BCUT2D eigenvalue weighted by atomic mass is 31.2. The minimum atomic E-state index is -4.30. The zero-order valence-corrected chi connectivity index (χ0v) is 17.6. The van der Waals surface area contributed by atoms with Gasteiger partial charge < -0.3 is 51.7 Å². The summed E-state index contributed by atoms with van der Waals surface area (Å²) >= 11 is 0. The molecule has 180 valence electrons. The number of nitrogens with two attached hydrogens (primary N) is 2. The molecule has 0 bridgehead atoms. The van der Waals surface area contributed by atoms with E-state index in [1.165, 1.54) is 11.0 Å². The second-order valence-electron chi connectivity index (χ2n) is 6.15. The maximum absolute atomic E-state index is 10.8. The fourth-order valence-corrected chi connectivity index (χ4v) is 3.57. The normalized spacial score (nSPS) is 16.0. The molecule has 0 spiro atoms. The van der Waals surface area contributed by atoms with Crippen LogP contribution in [0.4, 0.5) is 0 Å². The molecule has 0 saturated carbocycles. The van der Waals surface area contributed by atoms with E-state index in [1.54, 1.807) is 0 Å². The molecule has 0 aromatic heterocycles. The topological polar surface area (TPSA) is 306 Å². The van der Waals surface area contributed by atoms with E-state index >= 15 is 0 Å². The first-order chi connectivity index (χ1) is 13.6. The van der Waals surface area contributed by atoms with Gasteiger partial charge in [0, 0.05) is 13.1 Å². The van der Waals surface area contributed by atoms with Gasteiger partial charge in [-0.25, -0.2) is 0 Å². The highest BCUT2D eigenvalue weighted by Crippen LogP contribution is 2.43. The lowest BCUT2D eigenvalue weighted by atomic mass is 10.1. The zero-order chi connectivity index (χ0) is 24.1. The van der Waals surface area contributed by atoms with Crippen molar-refractivity contribution in [2.45, 2.75) is 49.1 Å². The molecule has 0 saturated heterocycles. The van der Waals surface area contributed by atoms with E-state index in [2.05, 4.69) is 0 Å². The molecule has 0 rings (SSSR count). The van der Waals surface area contributed by atoms with Crippen molar-refractivity contribution in [1.29, 1.82) is 0 Å². The number of carboxylic acid groups (broad SMARTS) is 2. The van der Waals surface area contributed by atoms with Crippen molar-refractivity contribution >= 4 is 27.1 Å². The third-order valence-electron chi connectivity index (χ3n) is 3.98. The van der Waals surface area contributed by atoms with Gasteiger partial charge in [0.25, 0.3) is 0 Å². The molecule has 0 aliphatic rings. The molecule has 0 heterocycles. The average Bonchev–Trinajstić information content (AvgIpc) is 2.60. The molecule has 18 heteroatoms. The molecule has 0 amide bonds. The first-order valence-electron chi connectivity index (χ1n) is 8.40. The molecule has 14 N–H and O–H groups in total. The van der Waals surface area contributed by atoms with Crippen molar-refractivity contribution < 1.29 is 58.9 Å². The molecular formula is C12H30N4O12P2. The maximum Gasteiger partial charge on any atom is 0.329 e. The molecular weight excluding hydrogens is 454 g/mol. The van der Waals surface area contributed by atoms with Crippen molar-refractivity contribution in [3.63, 3.8) is 0 Å². The lowest BCUT2D eigenvalue weighted by Crippen LogP contribution is -2.35. The molecule has 0 aromatic rings. The van der Waals surface area contributed by atoms with Gasteiger partial charge in [0.1, 0.15) is 12.1 Å². The molecule has 0 aromatic carbocycles. The van der Waals surface area contributed by atoms with E-state index in [9.17, 15) is 18.7 Å². The summed E-state index contributed by atoms with van der Waals surface area (Å²) in [4.78, 5) is 56.1. The largest absolute Gasteiger partial charge is 0.480 e. The van der Waals surface area contributed by atoms with Crippen molar-refractivity contribution in [2.75, 3.05) is 13.1 Å². The van der Waals surface area contributed by atoms with Crippen LogP contribution in [0.25, 0.3) is 0 Å². The third-order valence-corrected chi connectivity index (χ3v) is 6.82. The van der Waals surface area contributed by atoms with Crippen LogP contribution < -0.4 is 22.4 Å². The van der Waals surface area contributed by atoms with Crippen LogP contribution in [-0.4, -0.2) is 88.6 Å². The van der Waals surface area contributed by atoms with Gasteiger partial charge in [-0.15, -0.1) is 0 Å². The monoisotopic (exact) mass is 484 g/mol. The van der Waals surface area contributed by atoms with E-state index in [0.717, 1.165) is 0 Å². The van der Waals surface area contributed by atoms with Crippen LogP contribution in [0.2, 0.25) is 0 Å². The van der Waals surface area contributed by atoms with Crippen molar-refractivity contribution in [3.8, 4) is 0 Å². The van der Waals surface area contributed by atoms with Gasteiger partial charge in [0.15, 0.2) is 0 Å². The molecule has 0 radical (unpaired) electrons. The Morgan fingerprint density at radius 2 is 0.967 bits per heavy atom. The lowest BCUT2D eigenvalue weighted by molar-refractivity contribution is -0.143. The van der Waals surface area contributed by atoms with Gasteiger partial charge in [-0.1, -0.05) is 0 Å². The molecule has 0 fully saturated rings. The van der Waals surface area contributed by atoms with Crippen LogP contribution in [-0.2, 0) is 18.7 Å². The lowest BCUT2D eigenvalue weighted by Gasteiger charge is -2.18. The number of carbonyl (C=O) groups is 2. The van der Waals surface area contributed by atoms with Crippen LogP contribution in [0.1, 0.15) is 25.7 Å². The zero-order valence-electron chi connectivity index (χ0n) is 15.8. The van der Waals surface area contributed by atoms with Crippen LogP contribution in [0.15, 0.2) is 0 Å². The standard InChI is InChI=1S/2C6H15N2O6P/c2*7-3-4(15(12,13)14)1-2-5(8-11)6(9)10/h2*4-5,8,11H,1-3,7H2,(H,9,10)(H2,12,13,14). The summed E-state index contributed by atoms with van der Waals surface area (Å²) in [6.07, 6.45) is -0.381. The van der Waals surface area contributed by atoms with Crippen LogP contribution in [0.3, 0.4) is 0 Å². The number of hydrogen-bond acceptors (Lipinski definition) is 10. The van der Waals surface area contributed by atoms with Gasteiger partial charge in [0.2, 0.25) is 0 Å². The Kier molecular flexibility index (Phi) is 15.5. The number of hydrogen-bond donors (Lipinski definition) is 12. The van der Waals surface area contributed by atoms with E-state index in [1.807, 2.05) is 0 Å². The molecule has 4 unspecified atom stereocenters. The second-order valence-corrected chi connectivity index (χ2v) is 9.97. The number of rotatable bonds is 14. The first kappa shape index (κ1) is 31.2. The highest BCUT2D eigenvalue weighted by molar-refractivity contribution is 7.52. The number of carboxylic acids is 2. The number of nitrogens with one attached hydrogen (secondary N) is 2. The summed E-state index contributed by atoms with van der Waals surface area (Å²) in [6, 6.07) is -2.49. The predicted octanol–water partition coefficient (Wildman–Crippen LogP) is -2.59. The Morgan fingerprint density at radius 1 is 0.700 bits per heavy atom. The van der Waals surface area contributed by atoms with Gasteiger partial charge in [-0.2, -0.15) is 11.0 Å². The van der Waals surface area contributed by atoms with Gasteiger partial charge in [-0.05, 0) is 25.7 Å². The summed E-state index contributed by atoms with van der Waals surface area (Å²) in [5.41, 5.74) is 11.2. The Hall–Kier alpha value is -1.00. The molecule has 0 aliphatic carbocycles. The van der Waals surface area contributed by atoms with Crippen LogP contribution in [0, 0.1) is 0 Å². The van der Waals surface area contributed by atoms with Gasteiger partial charge in [-0.3, -0.25) is 18.7 Å². The minimum Gasteiger partial charge on any atom is -0.480 e. The van der Waals surface area contributed by atoms with E-state index < -0.39 is 50.5 Å². The summed E-state index contributed by atoms with van der Waals surface area (Å²) < 4.78 is 21.6. The summed E-state index contributed by atoms with van der Waals surface area (Å²) in [5, 5.41) is 33.9. The quantitative estimate of drug-likeness (QED) is 0.0888. The molecule has 4 atom stereocenters. The SMILES string of the molecule is NCC(CCC(NO)C(=O)O)P(=O)(O)O.NCC(CCC(NO)C(=O)O)P(=O)(O)O. The Morgan fingerprint density at radius 3 is 1.10 bits per heavy atom. The average molecular weight is 484 g/mol. The van der Waals surface area contributed by atoms with E-state index in [-0.39, 0.29) is 38.8 Å². The maximum atomic E-state index is 10.8. The van der Waals surface area contributed by atoms with Gasteiger partial charge in [0.05, 0.1) is 11.3 Å². The van der Waals surface area contributed by atoms with Gasteiger partial charge >= 0.3 is 27.1 Å². The molecule has 30 heavy (non-hydrogen) atoms. The Balaban J connectivity index is 0. The highest BCUT2D eigenvalue weighted by Gasteiger charge is 2.30. The predicted molar refractivity (Wildman–Crippen MR) is 101 cm³/mol. The first-order valence-corrected chi connectivity index (χ1v) is 11.8.